The van der Waals surface area contributed by atoms with Crippen LogP contribution >= 0.6 is 0 Å². The Hall–Kier alpha value is -2.83. The number of ether oxygens (including phenoxy) is 2. The molecule has 7 nitrogen and oxygen atoms in total. The van der Waals surface area contributed by atoms with E-state index in [-0.39, 0.29) is 0 Å². The predicted molar refractivity (Wildman–Crippen MR) is 108 cm³/mol. The van der Waals surface area contributed by atoms with E-state index in [0.717, 1.165) is 11.1 Å². The van der Waals surface area contributed by atoms with Crippen molar-refractivity contribution in [2.24, 2.45) is 0 Å². The number of hydrogen-bond donors (Lipinski definition) is 0. The van der Waals surface area contributed by atoms with Gasteiger partial charge in [0.25, 0.3) is 0 Å². The van der Waals surface area contributed by atoms with Gasteiger partial charge in [-0.2, -0.15) is 0 Å². The first-order chi connectivity index (χ1) is 13.6. The van der Waals surface area contributed by atoms with Gasteiger partial charge in [-0.15, -0.1) is 0 Å². The number of aryl methyl sites for hydroxylation is 2. The maximum atomic E-state index is 13.0. The van der Waals surface area contributed by atoms with Crippen LogP contribution in [0.4, 0.5) is 4.79 Å². The van der Waals surface area contributed by atoms with Crippen LogP contribution in [0.5, 0.6) is 5.75 Å². The smallest absolute Gasteiger partial charge is 0.411 e. The summed E-state index contributed by atoms with van der Waals surface area (Å²) in [6.45, 7) is 9.55. The molecule has 1 aromatic heterocycles. The molecule has 1 fully saturated rings. The maximum absolute atomic E-state index is 13.0. The van der Waals surface area contributed by atoms with Gasteiger partial charge in [0.2, 0.25) is 0 Å². The molecule has 29 heavy (non-hydrogen) atoms. The number of benzene rings is 1. The van der Waals surface area contributed by atoms with Gasteiger partial charge in [0.1, 0.15) is 23.0 Å². The third kappa shape index (κ3) is 4.60. The average molecular weight is 401 g/mol. The molecule has 0 aliphatic carbocycles. The third-order valence-corrected chi connectivity index (χ3v) is 4.78. The van der Waals surface area contributed by atoms with Gasteiger partial charge in [-0.1, -0.05) is 6.92 Å². The number of fused-ring (bicyclic) bond motifs is 1. The third-order valence-electron chi connectivity index (χ3n) is 4.78. The highest BCUT2D eigenvalue weighted by Gasteiger charge is 2.38. The highest BCUT2D eigenvalue weighted by atomic mass is 16.6. The van der Waals surface area contributed by atoms with Crippen LogP contribution in [0, 0.1) is 6.92 Å². The molecule has 7 heteroatoms. The van der Waals surface area contributed by atoms with Crippen LogP contribution in [-0.2, 0) is 16.0 Å². The van der Waals surface area contributed by atoms with Gasteiger partial charge < -0.3 is 13.9 Å². The predicted octanol–water partition coefficient (Wildman–Crippen LogP) is 3.97. The summed E-state index contributed by atoms with van der Waals surface area (Å²) >= 11 is 0. The number of hydrogen-bond acceptors (Lipinski definition) is 6. The zero-order chi connectivity index (χ0) is 21.3. The first-order valence-corrected chi connectivity index (χ1v) is 9.87. The van der Waals surface area contributed by atoms with Crippen molar-refractivity contribution in [3.05, 3.63) is 39.7 Å². The fourth-order valence-electron chi connectivity index (χ4n) is 3.56. The molecular formula is C22H27NO6. The second-order valence-corrected chi connectivity index (χ2v) is 8.33. The van der Waals surface area contributed by atoms with Crippen molar-refractivity contribution in [2.45, 2.75) is 65.5 Å². The van der Waals surface area contributed by atoms with Gasteiger partial charge in [-0.05, 0) is 70.2 Å². The van der Waals surface area contributed by atoms with Crippen LogP contribution in [0.3, 0.4) is 0 Å². The molecule has 156 valence electrons. The Bertz CT molecular complexity index is 1000. The lowest BCUT2D eigenvalue weighted by Crippen LogP contribution is -2.44. The molecule has 0 radical (unpaired) electrons. The Morgan fingerprint density at radius 2 is 1.97 bits per heavy atom. The summed E-state index contributed by atoms with van der Waals surface area (Å²) in [5.74, 6) is -0.185. The Balaban J connectivity index is 1.91. The van der Waals surface area contributed by atoms with Crippen LogP contribution in [0.15, 0.2) is 27.4 Å². The molecule has 0 N–H and O–H groups in total. The highest BCUT2D eigenvalue weighted by Crippen LogP contribution is 2.31. The van der Waals surface area contributed by atoms with E-state index < -0.39 is 29.3 Å². The van der Waals surface area contributed by atoms with Crippen LogP contribution < -0.4 is 10.4 Å². The molecular weight excluding hydrogens is 374 g/mol. The highest BCUT2D eigenvalue weighted by molar-refractivity contribution is 5.91. The second kappa shape index (κ2) is 7.89. The van der Waals surface area contributed by atoms with E-state index in [9.17, 15) is 14.4 Å². The van der Waals surface area contributed by atoms with Crippen LogP contribution in [-0.4, -0.2) is 35.2 Å². The van der Waals surface area contributed by atoms with Crippen LogP contribution in [0.25, 0.3) is 11.0 Å². The van der Waals surface area contributed by atoms with Crippen molar-refractivity contribution >= 4 is 23.0 Å². The summed E-state index contributed by atoms with van der Waals surface area (Å²) in [7, 11) is 0. The minimum atomic E-state index is -0.707. The SMILES string of the molecule is CCc1cc(=O)oc2cc(C)cc(OC(=O)[C@H]3CCCN3C(=O)OC(C)(C)C)c12. The van der Waals surface area contributed by atoms with Gasteiger partial charge in [0.05, 0.1) is 5.39 Å². The minimum absolute atomic E-state index is 0.335. The molecule has 2 heterocycles. The maximum Gasteiger partial charge on any atom is 0.411 e. The zero-order valence-electron chi connectivity index (χ0n) is 17.5. The number of nitrogens with zero attached hydrogens (tertiary/aromatic N) is 1. The lowest BCUT2D eigenvalue weighted by Gasteiger charge is -2.27. The van der Waals surface area contributed by atoms with Gasteiger partial charge >= 0.3 is 17.7 Å². The molecule has 0 spiro atoms. The molecule has 1 saturated heterocycles. The Morgan fingerprint density at radius 1 is 1.24 bits per heavy atom. The summed E-state index contributed by atoms with van der Waals surface area (Å²) in [5, 5.41) is 0.605. The molecule has 3 rings (SSSR count). The lowest BCUT2D eigenvalue weighted by molar-refractivity contribution is -0.139. The monoisotopic (exact) mass is 401 g/mol. The van der Waals surface area contributed by atoms with Crippen molar-refractivity contribution in [1.82, 2.24) is 4.90 Å². The number of likely N-dealkylation sites (tertiary alicyclic amines) is 1. The van der Waals surface area contributed by atoms with E-state index in [1.807, 2.05) is 13.8 Å². The van der Waals surface area contributed by atoms with E-state index in [1.54, 1.807) is 32.9 Å². The van der Waals surface area contributed by atoms with Crippen LogP contribution in [0.2, 0.25) is 0 Å². The lowest BCUT2D eigenvalue weighted by atomic mass is 10.0. The van der Waals surface area contributed by atoms with Gasteiger partial charge in [0.15, 0.2) is 0 Å². The van der Waals surface area contributed by atoms with Crippen molar-refractivity contribution in [3.8, 4) is 5.75 Å². The molecule has 0 unspecified atom stereocenters. The van der Waals surface area contributed by atoms with E-state index >= 15 is 0 Å². The first kappa shape index (κ1) is 20.9. The molecule has 1 amide bonds. The van der Waals surface area contributed by atoms with E-state index in [2.05, 4.69) is 0 Å². The van der Waals surface area contributed by atoms with Crippen molar-refractivity contribution in [1.29, 1.82) is 0 Å². The summed E-state index contributed by atoms with van der Waals surface area (Å²) < 4.78 is 16.5. The van der Waals surface area contributed by atoms with Gasteiger partial charge in [-0.25, -0.2) is 14.4 Å². The fourth-order valence-corrected chi connectivity index (χ4v) is 3.56. The Labute approximate surface area is 169 Å². The molecule has 0 bridgehead atoms. The van der Waals surface area contributed by atoms with Crippen molar-refractivity contribution in [2.75, 3.05) is 6.54 Å². The number of amides is 1. The first-order valence-electron chi connectivity index (χ1n) is 9.87. The molecule has 1 aromatic carbocycles. The normalized spacial score (nSPS) is 16.9. The topological polar surface area (TPSA) is 86.0 Å². The average Bonchev–Trinajstić information content (AvgIpc) is 3.08. The number of esters is 1. The Morgan fingerprint density at radius 3 is 2.62 bits per heavy atom. The summed E-state index contributed by atoms with van der Waals surface area (Å²) in [4.78, 5) is 38.7. The molecule has 0 saturated carbocycles. The van der Waals surface area contributed by atoms with E-state index in [0.29, 0.717) is 42.5 Å². The molecule has 2 aromatic rings. The largest absolute Gasteiger partial charge is 0.444 e. The van der Waals surface area contributed by atoms with Gasteiger partial charge in [-0.3, -0.25) is 4.90 Å². The van der Waals surface area contributed by atoms with Gasteiger partial charge in [0, 0.05) is 12.6 Å². The quantitative estimate of drug-likeness (QED) is 0.439. The standard InChI is InChI=1S/C22H27NO6/c1-6-14-12-18(24)27-16-10-13(2)11-17(19(14)16)28-20(25)15-8-7-9-23(15)21(26)29-22(3,4)5/h10-12,15H,6-9H2,1-5H3/t15-/m1/s1. The van der Waals surface area contributed by atoms with Crippen molar-refractivity contribution in [3.63, 3.8) is 0 Å². The summed E-state index contributed by atoms with van der Waals surface area (Å²) in [5.41, 5.74) is 0.840. The molecule has 1 aliphatic rings. The number of carbonyl (C=O) groups excluding carboxylic acids is 2. The number of rotatable bonds is 3. The molecule has 1 aliphatic heterocycles. The second-order valence-electron chi connectivity index (χ2n) is 8.33. The fraction of sp³-hybridized carbons (Fsp3) is 0.500. The summed E-state index contributed by atoms with van der Waals surface area (Å²) in [6.07, 6.45) is 1.27. The van der Waals surface area contributed by atoms with E-state index in [1.165, 1.54) is 11.0 Å². The molecule has 1 atom stereocenters. The Kier molecular flexibility index (Phi) is 5.68. The van der Waals surface area contributed by atoms with Crippen LogP contribution in [0.1, 0.15) is 51.7 Å². The summed E-state index contributed by atoms with van der Waals surface area (Å²) in [6, 6.07) is 4.20. The zero-order valence-corrected chi connectivity index (χ0v) is 17.5. The van der Waals surface area contributed by atoms with E-state index in [4.69, 9.17) is 13.9 Å². The number of carbonyl (C=O) groups is 2. The van der Waals surface area contributed by atoms with Crippen molar-refractivity contribution < 1.29 is 23.5 Å². The minimum Gasteiger partial charge on any atom is -0.444 e.